The Morgan fingerprint density at radius 3 is 2.57 bits per heavy atom. The maximum atomic E-state index is 12.2. The minimum atomic E-state index is -3.01. The SMILES string of the molecule is CCCNC(C)C1CCCN(CCS(=O)(=O)C(C)(C)C)C1. The van der Waals surface area contributed by atoms with Crippen molar-refractivity contribution in [3.05, 3.63) is 0 Å². The number of rotatable bonds is 7. The van der Waals surface area contributed by atoms with Crippen LogP contribution in [0.2, 0.25) is 0 Å². The zero-order valence-electron chi connectivity index (χ0n) is 14.5. The summed E-state index contributed by atoms with van der Waals surface area (Å²) in [5.74, 6) is 0.919. The summed E-state index contributed by atoms with van der Waals surface area (Å²) < 4.78 is 23.8. The molecule has 0 amide bonds. The molecule has 2 unspecified atom stereocenters. The molecular weight excluding hydrogens is 284 g/mol. The van der Waals surface area contributed by atoms with Crippen molar-refractivity contribution >= 4 is 9.84 Å². The van der Waals surface area contributed by atoms with Crippen LogP contribution in [0.25, 0.3) is 0 Å². The number of piperidine rings is 1. The molecule has 126 valence electrons. The monoisotopic (exact) mass is 318 g/mol. The van der Waals surface area contributed by atoms with Gasteiger partial charge in [-0.25, -0.2) is 8.42 Å². The van der Waals surface area contributed by atoms with E-state index in [1.807, 2.05) is 0 Å². The molecule has 1 N–H and O–H groups in total. The van der Waals surface area contributed by atoms with Gasteiger partial charge in [-0.3, -0.25) is 0 Å². The van der Waals surface area contributed by atoms with Crippen molar-refractivity contribution in [1.82, 2.24) is 10.2 Å². The van der Waals surface area contributed by atoms with Gasteiger partial charge in [-0.05, 0) is 66.0 Å². The molecule has 0 aromatic carbocycles. The third kappa shape index (κ3) is 5.87. The van der Waals surface area contributed by atoms with Gasteiger partial charge in [0.1, 0.15) is 0 Å². The summed E-state index contributed by atoms with van der Waals surface area (Å²) >= 11 is 0. The van der Waals surface area contributed by atoms with E-state index in [1.165, 1.54) is 12.8 Å². The zero-order valence-corrected chi connectivity index (χ0v) is 15.3. The van der Waals surface area contributed by atoms with Crippen molar-refractivity contribution in [2.75, 3.05) is 31.9 Å². The zero-order chi connectivity index (χ0) is 16.1. The van der Waals surface area contributed by atoms with E-state index in [1.54, 1.807) is 20.8 Å². The van der Waals surface area contributed by atoms with Gasteiger partial charge >= 0.3 is 0 Å². The molecule has 1 fully saturated rings. The Morgan fingerprint density at radius 1 is 1.33 bits per heavy atom. The van der Waals surface area contributed by atoms with E-state index >= 15 is 0 Å². The van der Waals surface area contributed by atoms with Gasteiger partial charge in [-0.1, -0.05) is 6.92 Å². The van der Waals surface area contributed by atoms with Crippen LogP contribution in [0.15, 0.2) is 0 Å². The molecule has 21 heavy (non-hydrogen) atoms. The van der Waals surface area contributed by atoms with E-state index in [9.17, 15) is 8.42 Å². The number of nitrogens with one attached hydrogen (secondary N) is 1. The summed E-state index contributed by atoms with van der Waals surface area (Å²) in [5.41, 5.74) is 0. The van der Waals surface area contributed by atoms with Crippen LogP contribution >= 0.6 is 0 Å². The predicted octanol–water partition coefficient (Wildman–Crippen LogP) is 2.30. The number of sulfone groups is 1. The number of nitrogens with zero attached hydrogens (tertiary/aromatic N) is 1. The van der Waals surface area contributed by atoms with Gasteiger partial charge in [-0.15, -0.1) is 0 Å². The van der Waals surface area contributed by atoms with Crippen LogP contribution in [-0.4, -0.2) is 56.0 Å². The lowest BCUT2D eigenvalue weighted by atomic mass is 9.91. The lowest BCUT2D eigenvalue weighted by Crippen LogP contribution is -2.46. The molecule has 1 saturated heterocycles. The molecule has 0 saturated carbocycles. The molecule has 1 rings (SSSR count). The summed E-state index contributed by atoms with van der Waals surface area (Å²) in [4.78, 5) is 2.33. The van der Waals surface area contributed by atoms with Crippen molar-refractivity contribution in [3.63, 3.8) is 0 Å². The fraction of sp³-hybridized carbons (Fsp3) is 1.00. The summed E-state index contributed by atoms with van der Waals surface area (Å²) in [6.07, 6.45) is 3.59. The summed E-state index contributed by atoms with van der Waals surface area (Å²) in [5, 5.41) is 3.57. The molecule has 0 aliphatic carbocycles. The molecule has 0 spiro atoms. The molecule has 5 heteroatoms. The van der Waals surface area contributed by atoms with E-state index in [0.29, 0.717) is 18.5 Å². The Hall–Kier alpha value is -0.130. The lowest BCUT2D eigenvalue weighted by molar-refractivity contribution is 0.158. The average molecular weight is 319 g/mol. The molecular formula is C16H34N2O2S. The third-order valence-electron chi connectivity index (χ3n) is 4.57. The van der Waals surface area contributed by atoms with Gasteiger partial charge in [0.25, 0.3) is 0 Å². The van der Waals surface area contributed by atoms with Crippen LogP contribution in [0.4, 0.5) is 0 Å². The minimum Gasteiger partial charge on any atom is -0.314 e. The third-order valence-corrected chi connectivity index (χ3v) is 7.16. The Balaban J connectivity index is 2.47. The number of hydrogen-bond acceptors (Lipinski definition) is 4. The van der Waals surface area contributed by atoms with Crippen LogP contribution < -0.4 is 5.32 Å². The van der Waals surface area contributed by atoms with E-state index in [4.69, 9.17) is 0 Å². The normalized spacial score (nSPS) is 23.2. The Bertz CT molecular complexity index is 401. The Morgan fingerprint density at radius 2 is 2.00 bits per heavy atom. The van der Waals surface area contributed by atoms with Gasteiger partial charge in [-0.2, -0.15) is 0 Å². The van der Waals surface area contributed by atoms with Crippen molar-refractivity contribution in [1.29, 1.82) is 0 Å². The second-order valence-electron chi connectivity index (χ2n) is 7.38. The van der Waals surface area contributed by atoms with Crippen molar-refractivity contribution in [2.45, 2.75) is 64.7 Å². The van der Waals surface area contributed by atoms with Crippen molar-refractivity contribution in [2.24, 2.45) is 5.92 Å². The highest BCUT2D eigenvalue weighted by molar-refractivity contribution is 7.92. The largest absolute Gasteiger partial charge is 0.314 e. The van der Waals surface area contributed by atoms with E-state index in [0.717, 1.165) is 26.1 Å². The first kappa shape index (κ1) is 18.9. The fourth-order valence-electron chi connectivity index (χ4n) is 2.80. The van der Waals surface area contributed by atoms with Crippen LogP contribution in [0.1, 0.15) is 53.9 Å². The Labute approximate surface area is 131 Å². The topological polar surface area (TPSA) is 49.4 Å². The molecule has 2 atom stereocenters. The molecule has 0 bridgehead atoms. The molecule has 0 aromatic heterocycles. The first-order chi connectivity index (χ1) is 9.67. The minimum absolute atomic E-state index is 0.278. The first-order valence-corrected chi connectivity index (χ1v) is 10.0. The molecule has 0 radical (unpaired) electrons. The van der Waals surface area contributed by atoms with Crippen LogP contribution in [0.5, 0.6) is 0 Å². The second-order valence-corrected chi connectivity index (χ2v) is 10.2. The molecule has 4 nitrogen and oxygen atoms in total. The van der Waals surface area contributed by atoms with E-state index in [-0.39, 0.29) is 5.75 Å². The molecule has 1 aliphatic heterocycles. The van der Waals surface area contributed by atoms with Crippen molar-refractivity contribution < 1.29 is 8.42 Å². The lowest BCUT2D eigenvalue weighted by Gasteiger charge is -2.36. The standard InChI is InChI=1S/C16H34N2O2S/c1-6-9-17-14(2)15-8-7-10-18(13-15)11-12-21(19,20)16(3,4)5/h14-15,17H,6-13H2,1-5H3. The van der Waals surface area contributed by atoms with Crippen LogP contribution in [0, 0.1) is 5.92 Å². The smallest absolute Gasteiger partial charge is 0.156 e. The van der Waals surface area contributed by atoms with Gasteiger partial charge in [0.05, 0.1) is 10.5 Å². The van der Waals surface area contributed by atoms with Gasteiger partial charge < -0.3 is 10.2 Å². The summed E-state index contributed by atoms with van der Waals surface area (Å²) in [7, 11) is -3.01. The van der Waals surface area contributed by atoms with E-state index in [2.05, 4.69) is 24.1 Å². The summed E-state index contributed by atoms with van der Waals surface area (Å²) in [6, 6.07) is 0.520. The molecule has 1 aliphatic rings. The maximum absolute atomic E-state index is 12.2. The number of likely N-dealkylation sites (tertiary alicyclic amines) is 1. The summed E-state index contributed by atoms with van der Waals surface area (Å²) in [6.45, 7) is 13.6. The average Bonchev–Trinajstić information content (AvgIpc) is 2.41. The highest BCUT2D eigenvalue weighted by Crippen LogP contribution is 2.21. The highest BCUT2D eigenvalue weighted by atomic mass is 32.2. The first-order valence-electron chi connectivity index (χ1n) is 8.35. The molecule has 1 heterocycles. The fourth-order valence-corrected chi connectivity index (χ4v) is 3.91. The molecule has 0 aromatic rings. The second kappa shape index (κ2) is 7.93. The van der Waals surface area contributed by atoms with Gasteiger partial charge in [0, 0.05) is 19.1 Å². The van der Waals surface area contributed by atoms with Crippen LogP contribution in [-0.2, 0) is 9.84 Å². The highest BCUT2D eigenvalue weighted by Gasteiger charge is 2.30. The maximum Gasteiger partial charge on any atom is 0.156 e. The van der Waals surface area contributed by atoms with Gasteiger partial charge in [0.2, 0.25) is 0 Å². The number of hydrogen-bond donors (Lipinski definition) is 1. The van der Waals surface area contributed by atoms with E-state index < -0.39 is 14.6 Å². The van der Waals surface area contributed by atoms with Crippen LogP contribution in [0.3, 0.4) is 0 Å². The Kier molecular flexibility index (Phi) is 7.14. The van der Waals surface area contributed by atoms with Crippen molar-refractivity contribution in [3.8, 4) is 0 Å². The van der Waals surface area contributed by atoms with Gasteiger partial charge in [0.15, 0.2) is 9.84 Å². The predicted molar refractivity (Wildman–Crippen MR) is 90.5 cm³/mol. The quantitative estimate of drug-likeness (QED) is 0.782.